The molecule has 5 rings (SSSR count). The number of aromatic nitrogens is 2. The van der Waals surface area contributed by atoms with Crippen LogP contribution in [0.4, 0.5) is 5.82 Å². The minimum absolute atomic E-state index is 0.171. The summed E-state index contributed by atoms with van der Waals surface area (Å²) in [7, 11) is 0. The Balaban J connectivity index is 1.51. The first-order valence-corrected chi connectivity index (χ1v) is 11.4. The highest BCUT2D eigenvalue weighted by atomic mass is 32.1. The molecular formula is C24H24N4O2S. The van der Waals surface area contributed by atoms with Gasteiger partial charge in [0, 0.05) is 58.6 Å². The summed E-state index contributed by atoms with van der Waals surface area (Å²) < 4.78 is 7.30. The van der Waals surface area contributed by atoms with Gasteiger partial charge in [-0.05, 0) is 49.8 Å². The van der Waals surface area contributed by atoms with Crippen molar-refractivity contribution in [3.05, 3.63) is 47.7 Å². The number of rotatable bonds is 5. The van der Waals surface area contributed by atoms with Gasteiger partial charge in [0.05, 0.1) is 10.8 Å². The Labute approximate surface area is 184 Å². The number of aliphatic hydroxyl groups is 1. The SMILES string of the molecule is C/C=C(\C=N/CC1CC[C@H](O)C1)c1cnc(N)c2oc(-c3csc4cnccc34)cc12. The molecule has 0 aromatic carbocycles. The van der Waals surface area contributed by atoms with Crippen LogP contribution in [0.15, 0.2) is 51.6 Å². The molecule has 4 heterocycles. The molecule has 7 heteroatoms. The van der Waals surface area contributed by atoms with Crippen molar-refractivity contribution in [2.24, 2.45) is 10.9 Å². The number of aliphatic hydroxyl groups excluding tert-OH is 1. The van der Waals surface area contributed by atoms with Crippen molar-refractivity contribution < 1.29 is 9.52 Å². The van der Waals surface area contributed by atoms with Crippen molar-refractivity contribution in [2.45, 2.75) is 32.3 Å². The fourth-order valence-electron chi connectivity index (χ4n) is 4.29. The first kappa shape index (κ1) is 19.9. The van der Waals surface area contributed by atoms with Crippen LogP contribution in [0.3, 0.4) is 0 Å². The van der Waals surface area contributed by atoms with Gasteiger partial charge in [-0.2, -0.15) is 0 Å². The zero-order valence-electron chi connectivity index (χ0n) is 17.3. The maximum Gasteiger partial charge on any atom is 0.177 e. The fraction of sp³-hybridized carbons (Fsp3) is 0.292. The van der Waals surface area contributed by atoms with Crippen molar-refractivity contribution >= 4 is 50.0 Å². The number of allylic oxidation sites excluding steroid dienone is 2. The maximum absolute atomic E-state index is 9.73. The van der Waals surface area contributed by atoms with Crippen LogP contribution in [0.5, 0.6) is 0 Å². The molecule has 0 spiro atoms. The topological polar surface area (TPSA) is 97.5 Å². The van der Waals surface area contributed by atoms with Crippen LogP contribution < -0.4 is 5.73 Å². The molecule has 0 saturated heterocycles. The fourth-order valence-corrected chi connectivity index (χ4v) is 5.21. The van der Waals surface area contributed by atoms with E-state index in [1.54, 1.807) is 23.7 Å². The van der Waals surface area contributed by atoms with Gasteiger partial charge in [-0.1, -0.05) is 6.08 Å². The second kappa shape index (κ2) is 8.24. The third-order valence-corrected chi connectivity index (χ3v) is 6.89. The van der Waals surface area contributed by atoms with E-state index in [4.69, 9.17) is 10.2 Å². The zero-order valence-corrected chi connectivity index (χ0v) is 18.1. The van der Waals surface area contributed by atoms with E-state index in [1.165, 1.54) is 0 Å². The van der Waals surface area contributed by atoms with E-state index in [2.05, 4.69) is 20.3 Å². The number of anilines is 1. The second-order valence-corrected chi connectivity index (χ2v) is 8.91. The molecule has 4 aromatic rings. The van der Waals surface area contributed by atoms with Crippen LogP contribution in [-0.2, 0) is 0 Å². The lowest BCUT2D eigenvalue weighted by atomic mass is 10.0. The molecule has 2 atom stereocenters. The highest BCUT2D eigenvalue weighted by Gasteiger charge is 2.22. The molecule has 31 heavy (non-hydrogen) atoms. The largest absolute Gasteiger partial charge is 0.452 e. The van der Waals surface area contributed by atoms with Crippen molar-refractivity contribution in [3.8, 4) is 11.3 Å². The Morgan fingerprint density at radius 3 is 3.06 bits per heavy atom. The normalized spacial score (nSPS) is 19.9. The predicted molar refractivity (Wildman–Crippen MR) is 127 cm³/mol. The van der Waals surface area contributed by atoms with E-state index >= 15 is 0 Å². The predicted octanol–water partition coefficient (Wildman–Crippen LogP) is 5.32. The van der Waals surface area contributed by atoms with Gasteiger partial charge in [0.1, 0.15) is 5.76 Å². The summed E-state index contributed by atoms with van der Waals surface area (Å²) in [6.45, 7) is 2.72. The van der Waals surface area contributed by atoms with Gasteiger partial charge in [0.25, 0.3) is 0 Å². The molecule has 1 fully saturated rings. The Kier molecular flexibility index (Phi) is 5.29. The molecule has 6 nitrogen and oxygen atoms in total. The lowest BCUT2D eigenvalue weighted by Crippen LogP contribution is -2.03. The first-order chi connectivity index (χ1) is 15.1. The highest BCUT2D eigenvalue weighted by Crippen LogP contribution is 2.39. The molecule has 0 aliphatic heterocycles. The average molecular weight is 433 g/mol. The zero-order chi connectivity index (χ0) is 21.4. The van der Waals surface area contributed by atoms with Crippen molar-refractivity contribution in [2.75, 3.05) is 12.3 Å². The van der Waals surface area contributed by atoms with E-state index in [9.17, 15) is 5.11 Å². The van der Waals surface area contributed by atoms with Gasteiger partial charge in [0.15, 0.2) is 11.4 Å². The minimum atomic E-state index is -0.171. The maximum atomic E-state index is 9.73. The Morgan fingerprint density at radius 1 is 1.35 bits per heavy atom. The molecule has 1 aliphatic carbocycles. The molecule has 1 saturated carbocycles. The van der Waals surface area contributed by atoms with Crippen molar-refractivity contribution in [1.82, 2.24) is 9.97 Å². The van der Waals surface area contributed by atoms with E-state index in [1.807, 2.05) is 37.5 Å². The van der Waals surface area contributed by atoms with Gasteiger partial charge < -0.3 is 15.3 Å². The molecule has 4 aromatic heterocycles. The Hall–Kier alpha value is -3.03. The lowest BCUT2D eigenvalue weighted by Gasteiger charge is -2.06. The number of nitrogen functional groups attached to an aromatic ring is 1. The van der Waals surface area contributed by atoms with Crippen LogP contribution in [0.2, 0.25) is 0 Å². The molecule has 0 amide bonds. The monoisotopic (exact) mass is 432 g/mol. The summed E-state index contributed by atoms with van der Waals surface area (Å²) in [5.74, 6) is 1.59. The van der Waals surface area contributed by atoms with E-state index in [0.29, 0.717) is 17.3 Å². The standard InChI is InChI=1S/C24H24N4O2S/c1-2-15(10-27-9-14-3-4-16(29)7-14)19-11-28-24(25)23-18(19)8-21(30-23)20-13-31-22-12-26-6-5-17(20)22/h2,5-6,8,10-14,16,29H,3-4,7,9H2,1H3,(H2,25,28)/b15-2+,27-10-/t14?,16-/m0/s1. The number of hydrogen-bond acceptors (Lipinski definition) is 7. The number of aliphatic imine (C=N–C) groups is 1. The lowest BCUT2D eigenvalue weighted by molar-refractivity contribution is 0.178. The third-order valence-electron chi connectivity index (χ3n) is 5.96. The number of furan rings is 1. The average Bonchev–Trinajstić information content (AvgIpc) is 3.50. The van der Waals surface area contributed by atoms with Crippen molar-refractivity contribution in [3.63, 3.8) is 0 Å². The Bertz CT molecular complexity index is 1300. The summed E-state index contributed by atoms with van der Waals surface area (Å²) in [6, 6.07) is 4.04. The van der Waals surface area contributed by atoms with Crippen LogP contribution >= 0.6 is 11.3 Å². The first-order valence-electron chi connectivity index (χ1n) is 10.5. The molecule has 0 radical (unpaired) electrons. The summed E-state index contributed by atoms with van der Waals surface area (Å²) in [5.41, 5.74) is 9.69. The number of thiophene rings is 1. The van der Waals surface area contributed by atoms with E-state index in [-0.39, 0.29) is 6.10 Å². The van der Waals surface area contributed by atoms with Crippen molar-refractivity contribution in [1.29, 1.82) is 0 Å². The van der Waals surface area contributed by atoms with Crippen LogP contribution in [0.1, 0.15) is 31.7 Å². The number of pyridine rings is 2. The number of nitrogens with two attached hydrogens (primary N) is 1. The minimum Gasteiger partial charge on any atom is -0.452 e. The summed E-state index contributed by atoms with van der Waals surface area (Å²) >= 11 is 1.64. The molecule has 1 aliphatic rings. The summed E-state index contributed by atoms with van der Waals surface area (Å²) in [4.78, 5) is 13.2. The number of hydrogen-bond donors (Lipinski definition) is 2. The molecular weight excluding hydrogens is 408 g/mol. The molecule has 3 N–H and O–H groups in total. The van der Waals surface area contributed by atoms with Crippen LogP contribution in [0.25, 0.3) is 38.0 Å². The van der Waals surface area contributed by atoms with Crippen LogP contribution in [-0.4, -0.2) is 33.9 Å². The number of nitrogens with zero attached hydrogens (tertiary/aromatic N) is 3. The summed E-state index contributed by atoms with van der Waals surface area (Å²) in [5, 5.41) is 13.8. The van der Waals surface area contributed by atoms with Crippen LogP contribution in [0, 0.1) is 5.92 Å². The van der Waals surface area contributed by atoms with Gasteiger partial charge >= 0.3 is 0 Å². The van der Waals surface area contributed by atoms with Gasteiger partial charge in [-0.15, -0.1) is 11.3 Å². The smallest absolute Gasteiger partial charge is 0.177 e. The third kappa shape index (κ3) is 3.75. The van der Waals surface area contributed by atoms with Gasteiger partial charge in [-0.3, -0.25) is 9.98 Å². The van der Waals surface area contributed by atoms with Gasteiger partial charge in [-0.25, -0.2) is 4.98 Å². The van der Waals surface area contributed by atoms with E-state index in [0.717, 1.165) is 63.7 Å². The molecule has 0 bridgehead atoms. The highest BCUT2D eigenvalue weighted by molar-refractivity contribution is 7.17. The van der Waals surface area contributed by atoms with E-state index < -0.39 is 0 Å². The Morgan fingerprint density at radius 2 is 2.26 bits per heavy atom. The number of fused-ring (bicyclic) bond motifs is 2. The van der Waals surface area contributed by atoms with Gasteiger partial charge in [0.2, 0.25) is 0 Å². The summed E-state index contributed by atoms with van der Waals surface area (Å²) in [6.07, 6.45) is 11.9. The second-order valence-electron chi connectivity index (χ2n) is 8.00. The quantitative estimate of drug-likeness (QED) is 0.416. The molecule has 158 valence electrons. The molecule has 1 unspecified atom stereocenters.